The summed E-state index contributed by atoms with van der Waals surface area (Å²) in [4.78, 5) is 30.3. The van der Waals surface area contributed by atoms with Crippen LogP contribution in [0.5, 0.6) is 0 Å². The van der Waals surface area contributed by atoms with Crippen molar-refractivity contribution < 1.29 is 19.1 Å². The van der Waals surface area contributed by atoms with Crippen LogP contribution >= 0.6 is 0 Å². The van der Waals surface area contributed by atoms with E-state index in [4.69, 9.17) is 0 Å². The van der Waals surface area contributed by atoms with Crippen LogP contribution in [-0.2, 0) is 13.5 Å². The number of pyridine rings is 1. The molecule has 0 saturated heterocycles. The Balaban J connectivity index is 1.20. The molecule has 0 unspecified atom stereocenters. The fourth-order valence-corrected chi connectivity index (χ4v) is 4.87. The van der Waals surface area contributed by atoms with Crippen LogP contribution in [0, 0.1) is 5.82 Å². The highest BCUT2D eigenvalue weighted by molar-refractivity contribution is 6.04. The SMILES string of the molecule is Cn1nccc1-c1ccn2c(C(=O)Nc3cc(C(=O)N[C@H]4Cc5ccccc5[C@@H]4O)ccc3F)cnc2c1. The van der Waals surface area contributed by atoms with E-state index in [0.29, 0.717) is 12.1 Å². The lowest BCUT2D eigenvalue weighted by molar-refractivity contribution is 0.0858. The first kappa shape index (κ1) is 23.6. The van der Waals surface area contributed by atoms with Crippen LogP contribution in [0.15, 0.2) is 79.3 Å². The minimum Gasteiger partial charge on any atom is -0.386 e. The number of rotatable bonds is 5. The van der Waals surface area contributed by atoms with Crippen LogP contribution in [0.25, 0.3) is 16.9 Å². The second-order valence-corrected chi connectivity index (χ2v) is 9.20. The maximum absolute atomic E-state index is 14.6. The number of anilines is 1. The van der Waals surface area contributed by atoms with E-state index in [0.717, 1.165) is 28.5 Å². The minimum absolute atomic E-state index is 0.139. The number of carbonyl (C=O) groups excluding carboxylic acids is 2. The summed E-state index contributed by atoms with van der Waals surface area (Å²) >= 11 is 0. The maximum Gasteiger partial charge on any atom is 0.274 e. The number of aromatic nitrogens is 4. The molecule has 6 rings (SSSR count). The summed E-state index contributed by atoms with van der Waals surface area (Å²) in [6, 6.07) is 16.2. The van der Waals surface area contributed by atoms with Gasteiger partial charge in [0.05, 0.1) is 29.7 Å². The lowest BCUT2D eigenvalue weighted by Gasteiger charge is -2.17. The van der Waals surface area contributed by atoms with Gasteiger partial charge in [-0.2, -0.15) is 5.10 Å². The Morgan fingerprint density at radius 2 is 1.92 bits per heavy atom. The molecule has 10 heteroatoms. The summed E-state index contributed by atoms with van der Waals surface area (Å²) in [6.07, 6.45) is 4.48. The number of hydrogen-bond donors (Lipinski definition) is 3. The molecule has 9 nitrogen and oxygen atoms in total. The Hall–Kier alpha value is -4.83. The van der Waals surface area contributed by atoms with E-state index in [9.17, 15) is 19.1 Å². The first-order chi connectivity index (χ1) is 18.4. The van der Waals surface area contributed by atoms with E-state index in [-0.39, 0.29) is 16.9 Å². The molecule has 3 N–H and O–H groups in total. The largest absolute Gasteiger partial charge is 0.386 e. The predicted molar refractivity (Wildman–Crippen MR) is 138 cm³/mol. The topological polar surface area (TPSA) is 114 Å². The first-order valence-electron chi connectivity index (χ1n) is 12.0. The highest BCUT2D eigenvalue weighted by Crippen LogP contribution is 2.31. The molecule has 0 aliphatic heterocycles. The molecular formula is C28H23FN6O3. The van der Waals surface area contributed by atoms with Gasteiger partial charge < -0.3 is 15.7 Å². The third-order valence-corrected chi connectivity index (χ3v) is 6.85. The van der Waals surface area contributed by atoms with Gasteiger partial charge in [0.15, 0.2) is 0 Å². The average Bonchev–Trinajstić information content (AvgIpc) is 3.62. The van der Waals surface area contributed by atoms with Crippen molar-refractivity contribution in [3.05, 3.63) is 107 Å². The van der Waals surface area contributed by atoms with Gasteiger partial charge >= 0.3 is 0 Å². The third kappa shape index (κ3) is 4.10. The summed E-state index contributed by atoms with van der Waals surface area (Å²) in [6.45, 7) is 0. The lowest BCUT2D eigenvalue weighted by atomic mass is 10.1. The number of hydrogen-bond acceptors (Lipinski definition) is 5. The van der Waals surface area contributed by atoms with Crippen LogP contribution in [0.4, 0.5) is 10.1 Å². The molecule has 38 heavy (non-hydrogen) atoms. The van der Waals surface area contributed by atoms with E-state index in [2.05, 4.69) is 20.7 Å². The smallest absolute Gasteiger partial charge is 0.274 e. The Morgan fingerprint density at radius 1 is 1.08 bits per heavy atom. The van der Waals surface area contributed by atoms with Crippen molar-refractivity contribution in [1.29, 1.82) is 0 Å². The van der Waals surface area contributed by atoms with Crippen LogP contribution in [0.1, 0.15) is 38.1 Å². The molecule has 2 atom stereocenters. The Morgan fingerprint density at radius 3 is 2.71 bits per heavy atom. The molecule has 3 aromatic heterocycles. The number of carbonyl (C=O) groups is 2. The molecular weight excluding hydrogens is 487 g/mol. The highest BCUT2D eigenvalue weighted by atomic mass is 19.1. The summed E-state index contributed by atoms with van der Waals surface area (Å²) in [7, 11) is 1.84. The van der Waals surface area contributed by atoms with Gasteiger partial charge in [-0.05, 0) is 53.9 Å². The van der Waals surface area contributed by atoms with E-state index < -0.39 is 29.8 Å². The number of imidazole rings is 1. The summed E-state index contributed by atoms with van der Waals surface area (Å²) in [5.74, 6) is -1.74. The molecule has 3 heterocycles. The number of nitrogens with one attached hydrogen (secondary N) is 2. The Labute approximate surface area is 216 Å². The minimum atomic E-state index is -0.830. The van der Waals surface area contributed by atoms with Crippen LogP contribution < -0.4 is 10.6 Å². The molecule has 0 bridgehead atoms. The fourth-order valence-electron chi connectivity index (χ4n) is 4.87. The predicted octanol–water partition coefficient (Wildman–Crippen LogP) is 3.51. The number of aryl methyl sites for hydroxylation is 1. The van der Waals surface area contributed by atoms with Gasteiger partial charge in [-0.15, -0.1) is 0 Å². The van der Waals surface area contributed by atoms with E-state index in [1.807, 2.05) is 49.5 Å². The number of nitrogens with zero attached hydrogens (tertiary/aromatic N) is 4. The number of aliphatic hydroxyl groups excluding tert-OH is 1. The molecule has 2 aromatic carbocycles. The molecule has 1 aliphatic carbocycles. The van der Waals surface area contributed by atoms with Crippen molar-refractivity contribution >= 4 is 23.1 Å². The van der Waals surface area contributed by atoms with Gasteiger partial charge in [0, 0.05) is 30.6 Å². The van der Waals surface area contributed by atoms with Crippen LogP contribution in [0.3, 0.4) is 0 Å². The van der Waals surface area contributed by atoms with Crippen molar-refractivity contribution in [1.82, 2.24) is 24.5 Å². The average molecular weight is 511 g/mol. The zero-order valence-electron chi connectivity index (χ0n) is 20.3. The summed E-state index contributed by atoms with van der Waals surface area (Å²) in [5, 5.41) is 20.1. The quantitative estimate of drug-likeness (QED) is 0.335. The standard InChI is InChI=1S/C28H23FN6O3/c1-34-23(8-10-31-34)17-9-11-35-24(15-30-25(35)14-17)28(38)32-21-13-18(6-7-20(21)29)27(37)33-22-12-16-4-2-3-5-19(16)26(22)36/h2-11,13-15,22,26,36H,12H2,1H3,(H,32,38)(H,33,37)/t22-,26-/m0/s1. The number of aliphatic hydroxyl groups is 1. The molecule has 2 amide bonds. The van der Waals surface area contributed by atoms with Crippen molar-refractivity contribution in [3.8, 4) is 11.3 Å². The molecule has 0 radical (unpaired) electrons. The number of halogens is 1. The van der Waals surface area contributed by atoms with E-state index >= 15 is 0 Å². The number of fused-ring (bicyclic) bond motifs is 2. The highest BCUT2D eigenvalue weighted by Gasteiger charge is 2.32. The number of benzene rings is 2. The first-order valence-corrected chi connectivity index (χ1v) is 12.0. The Kier molecular flexibility index (Phi) is 5.73. The summed E-state index contributed by atoms with van der Waals surface area (Å²) in [5.41, 5.74) is 4.30. The van der Waals surface area contributed by atoms with E-state index in [1.165, 1.54) is 18.3 Å². The van der Waals surface area contributed by atoms with Crippen molar-refractivity contribution in [3.63, 3.8) is 0 Å². The second kappa shape index (κ2) is 9.24. The van der Waals surface area contributed by atoms with Crippen LogP contribution in [-0.4, -0.2) is 42.1 Å². The Bertz CT molecular complexity index is 1710. The van der Waals surface area contributed by atoms with Crippen molar-refractivity contribution in [2.75, 3.05) is 5.32 Å². The van der Waals surface area contributed by atoms with E-state index in [1.54, 1.807) is 21.5 Å². The zero-order valence-corrected chi connectivity index (χ0v) is 20.3. The molecule has 5 aromatic rings. The van der Waals surface area contributed by atoms with Gasteiger partial charge in [-0.3, -0.25) is 18.7 Å². The summed E-state index contributed by atoms with van der Waals surface area (Å²) < 4.78 is 18.0. The molecule has 1 aliphatic rings. The molecule has 190 valence electrons. The fraction of sp³-hybridized carbons (Fsp3) is 0.143. The lowest BCUT2D eigenvalue weighted by Crippen LogP contribution is -2.37. The second-order valence-electron chi connectivity index (χ2n) is 9.20. The molecule has 0 saturated carbocycles. The maximum atomic E-state index is 14.6. The van der Waals surface area contributed by atoms with Gasteiger partial charge in [0.25, 0.3) is 11.8 Å². The normalized spacial score (nSPS) is 16.4. The molecule has 0 spiro atoms. The monoisotopic (exact) mass is 510 g/mol. The van der Waals surface area contributed by atoms with Crippen molar-refractivity contribution in [2.24, 2.45) is 7.05 Å². The van der Waals surface area contributed by atoms with Crippen LogP contribution in [0.2, 0.25) is 0 Å². The van der Waals surface area contributed by atoms with Gasteiger partial charge in [-0.25, -0.2) is 9.37 Å². The third-order valence-electron chi connectivity index (χ3n) is 6.85. The van der Waals surface area contributed by atoms with Gasteiger partial charge in [0.2, 0.25) is 0 Å². The van der Waals surface area contributed by atoms with Crippen molar-refractivity contribution in [2.45, 2.75) is 18.6 Å². The van der Waals surface area contributed by atoms with Gasteiger partial charge in [0.1, 0.15) is 17.2 Å². The molecule has 0 fully saturated rings. The zero-order chi connectivity index (χ0) is 26.4. The van der Waals surface area contributed by atoms with Gasteiger partial charge in [-0.1, -0.05) is 24.3 Å². The number of amides is 2.